The summed E-state index contributed by atoms with van der Waals surface area (Å²) in [6.45, 7) is 0. The molecule has 0 aliphatic rings. The van der Waals surface area contributed by atoms with Crippen LogP contribution in [0.5, 0.6) is 0 Å². The molecule has 0 saturated carbocycles. The van der Waals surface area contributed by atoms with Crippen LogP contribution in [0.4, 0.5) is 5.69 Å². The zero-order chi connectivity index (χ0) is 18.3. The molecule has 2 aromatic carbocycles. The van der Waals surface area contributed by atoms with Gasteiger partial charge in [0.1, 0.15) is 0 Å². The topological polar surface area (TPSA) is 38.9 Å². The third-order valence-electron chi connectivity index (χ3n) is 3.44. The van der Waals surface area contributed by atoms with Crippen LogP contribution < -0.4 is 5.73 Å². The Bertz CT molecular complexity index is 987. The Kier molecular flexibility index (Phi) is 5.60. The van der Waals surface area contributed by atoms with Crippen LogP contribution in [-0.2, 0) is 0 Å². The molecule has 0 unspecified atom stereocenters. The zero-order valence-corrected chi connectivity index (χ0v) is 16.8. The molecule has 0 bridgehead atoms. The van der Waals surface area contributed by atoms with E-state index in [4.69, 9.17) is 75.3 Å². The van der Waals surface area contributed by atoms with Gasteiger partial charge in [-0.15, -0.1) is 0 Å². The van der Waals surface area contributed by atoms with Gasteiger partial charge in [-0.25, -0.2) is 0 Å². The summed E-state index contributed by atoms with van der Waals surface area (Å²) >= 11 is 37.3. The van der Waals surface area contributed by atoms with Gasteiger partial charge in [-0.3, -0.25) is 4.98 Å². The van der Waals surface area contributed by atoms with Crippen molar-refractivity contribution in [1.82, 2.24) is 4.98 Å². The quantitative estimate of drug-likeness (QED) is 0.401. The largest absolute Gasteiger partial charge is 0.397 e. The Hall–Kier alpha value is -0.870. The Morgan fingerprint density at radius 2 is 1.16 bits per heavy atom. The van der Waals surface area contributed by atoms with Crippen LogP contribution in [0.3, 0.4) is 0 Å². The van der Waals surface area contributed by atoms with E-state index in [1.165, 1.54) is 6.20 Å². The number of nitrogens with two attached hydrogens (primary N) is 1. The van der Waals surface area contributed by atoms with Gasteiger partial charge in [0.25, 0.3) is 0 Å². The van der Waals surface area contributed by atoms with Crippen molar-refractivity contribution in [2.45, 2.75) is 0 Å². The maximum atomic E-state index is 6.37. The number of nitrogen functional groups attached to an aromatic ring is 1. The van der Waals surface area contributed by atoms with E-state index in [1.807, 2.05) is 0 Å². The van der Waals surface area contributed by atoms with Gasteiger partial charge in [0, 0.05) is 26.7 Å². The second kappa shape index (κ2) is 7.40. The summed E-state index contributed by atoms with van der Waals surface area (Å²) in [5, 5.41) is 2.10. The van der Waals surface area contributed by atoms with Crippen molar-refractivity contribution in [3.05, 3.63) is 66.7 Å². The molecule has 1 heterocycles. The normalized spacial score (nSPS) is 11.0. The fourth-order valence-electron chi connectivity index (χ4n) is 2.38. The average molecular weight is 453 g/mol. The highest BCUT2D eigenvalue weighted by Gasteiger charge is 2.19. The summed E-state index contributed by atoms with van der Waals surface area (Å²) in [7, 11) is 0. The molecule has 0 radical (unpaired) electrons. The molecule has 2 nitrogen and oxygen atoms in total. The van der Waals surface area contributed by atoms with Crippen LogP contribution in [0.1, 0.15) is 0 Å². The van der Waals surface area contributed by atoms with Crippen LogP contribution in [0.25, 0.3) is 22.4 Å². The van der Waals surface area contributed by atoms with Crippen molar-refractivity contribution < 1.29 is 0 Å². The van der Waals surface area contributed by atoms with E-state index in [-0.39, 0.29) is 0 Å². The Balaban J connectivity index is 2.36. The molecular weight excluding hydrogens is 445 g/mol. The van der Waals surface area contributed by atoms with E-state index in [1.54, 1.807) is 30.3 Å². The highest BCUT2D eigenvalue weighted by molar-refractivity contribution is 6.46. The molecule has 25 heavy (non-hydrogen) atoms. The molecule has 0 spiro atoms. The molecule has 0 amide bonds. The molecule has 0 aliphatic heterocycles. The molecule has 3 aromatic rings. The van der Waals surface area contributed by atoms with Gasteiger partial charge < -0.3 is 5.73 Å². The van der Waals surface area contributed by atoms with Crippen LogP contribution in [0.2, 0.25) is 30.1 Å². The predicted octanol–water partition coefficient (Wildman–Crippen LogP) is 7.92. The molecule has 1 aromatic heterocycles. The lowest BCUT2D eigenvalue weighted by Crippen LogP contribution is -1.95. The van der Waals surface area contributed by atoms with Crippen LogP contribution in [-0.4, -0.2) is 4.98 Å². The lowest BCUT2D eigenvalue weighted by Gasteiger charge is -2.14. The first kappa shape index (κ1) is 18.9. The van der Waals surface area contributed by atoms with Gasteiger partial charge in [-0.2, -0.15) is 0 Å². The molecule has 0 fully saturated rings. The maximum absolute atomic E-state index is 6.37. The predicted molar refractivity (Wildman–Crippen MR) is 110 cm³/mol. The molecule has 0 aliphatic carbocycles. The number of benzene rings is 2. The van der Waals surface area contributed by atoms with Gasteiger partial charge in [-0.1, -0.05) is 69.6 Å². The van der Waals surface area contributed by atoms with Gasteiger partial charge >= 0.3 is 0 Å². The van der Waals surface area contributed by atoms with Gasteiger partial charge in [0.05, 0.1) is 37.7 Å². The first-order valence-corrected chi connectivity index (χ1v) is 9.10. The van der Waals surface area contributed by atoms with Gasteiger partial charge in [0.2, 0.25) is 0 Å². The Morgan fingerprint density at radius 3 is 1.76 bits per heavy atom. The monoisotopic (exact) mass is 450 g/mol. The first-order valence-electron chi connectivity index (χ1n) is 6.83. The van der Waals surface area contributed by atoms with Crippen molar-refractivity contribution in [1.29, 1.82) is 0 Å². The fourth-order valence-corrected chi connectivity index (χ4v) is 3.78. The second-order valence-corrected chi connectivity index (χ2v) is 7.61. The number of hydrogen-bond acceptors (Lipinski definition) is 2. The molecule has 0 atom stereocenters. The standard InChI is InChI=1S/C17H8Cl6N2/c18-7-1-10(15(22)13(20)3-7)11-5-9(24)6-25-17(11)12-2-8(19)4-14(21)16(12)23/h1-6H,24H2. The minimum absolute atomic E-state index is 0.309. The van der Waals surface area contributed by atoms with Crippen LogP contribution in [0, 0.1) is 0 Å². The smallest absolute Gasteiger partial charge is 0.0798 e. The van der Waals surface area contributed by atoms with Crippen LogP contribution >= 0.6 is 69.6 Å². The van der Waals surface area contributed by atoms with Crippen molar-refractivity contribution in [2.24, 2.45) is 0 Å². The Morgan fingerprint density at radius 1 is 0.640 bits per heavy atom. The third kappa shape index (κ3) is 3.80. The number of halogens is 6. The zero-order valence-electron chi connectivity index (χ0n) is 12.3. The summed E-state index contributed by atoms with van der Waals surface area (Å²) < 4.78 is 0. The number of nitrogens with zero attached hydrogens (tertiary/aromatic N) is 1. The second-order valence-electron chi connectivity index (χ2n) is 5.16. The summed E-state index contributed by atoms with van der Waals surface area (Å²) in [5.41, 5.74) is 8.57. The SMILES string of the molecule is Nc1cnc(-c2cc(Cl)cc(Cl)c2Cl)c(-c2cc(Cl)cc(Cl)c2Cl)c1. The lowest BCUT2D eigenvalue weighted by molar-refractivity contribution is 1.33. The minimum Gasteiger partial charge on any atom is -0.397 e. The average Bonchev–Trinajstić information content (AvgIpc) is 2.54. The highest BCUT2D eigenvalue weighted by atomic mass is 35.5. The number of aromatic nitrogens is 1. The number of hydrogen-bond donors (Lipinski definition) is 1. The summed E-state index contributed by atoms with van der Waals surface area (Å²) in [4.78, 5) is 4.40. The van der Waals surface area contributed by atoms with Crippen molar-refractivity contribution >= 4 is 75.3 Å². The van der Waals surface area contributed by atoms with Crippen molar-refractivity contribution in [3.63, 3.8) is 0 Å². The molecule has 3 rings (SSSR count). The van der Waals surface area contributed by atoms with E-state index in [9.17, 15) is 0 Å². The van der Waals surface area contributed by atoms with Crippen LogP contribution in [0.15, 0.2) is 36.5 Å². The molecule has 8 heteroatoms. The van der Waals surface area contributed by atoms with Gasteiger partial charge in [0.15, 0.2) is 0 Å². The number of anilines is 1. The van der Waals surface area contributed by atoms with E-state index in [2.05, 4.69) is 4.98 Å². The van der Waals surface area contributed by atoms with E-state index in [0.717, 1.165) is 0 Å². The number of rotatable bonds is 2. The van der Waals surface area contributed by atoms with E-state index >= 15 is 0 Å². The van der Waals surface area contributed by atoms with E-state index in [0.29, 0.717) is 58.2 Å². The summed E-state index contributed by atoms with van der Waals surface area (Å²) in [6, 6.07) is 8.15. The Labute approximate surface area is 174 Å². The van der Waals surface area contributed by atoms with Crippen molar-refractivity contribution in [2.75, 3.05) is 5.73 Å². The third-order valence-corrected chi connectivity index (χ3v) is 5.48. The highest BCUT2D eigenvalue weighted by Crippen LogP contribution is 2.44. The van der Waals surface area contributed by atoms with Crippen molar-refractivity contribution in [3.8, 4) is 22.4 Å². The minimum atomic E-state index is 0.309. The lowest BCUT2D eigenvalue weighted by atomic mass is 9.98. The molecular formula is C17H8Cl6N2. The summed E-state index contributed by atoms with van der Waals surface area (Å²) in [6.07, 6.45) is 1.50. The van der Waals surface area contributed by atoms with E-state index < -0.39 is 0 Å². The molecule has 128 valence electrons. The molecule has 0 saturated heterocycles. The molecule has 2 N–H and O–H groups in total. The number of pyridine rings is 1. The maximum Gasteiger partial charge on any atom is 0.0798 e. The fraction of sp³-hybridized carbons (Fsp3) is 0. The van der Waals surface area contributed by atoms with Gasteiger partial charge in [-0.05, 0) is 30.3 Å². The summed E-state index contributed by atoms with van der Waals surface area (Å²) in [5.74, 6) is 0. The first-order chi connectivity index (χ1) is 11.8.